The number of alkyl halides is 3. The predicted octanol–water partition coefficient (Wildman–Crippen LogP) is 1.85. The Morgan fingerprint density at radius 3 is 2.40 bits per heavy atom. The summed E-state index contributed by atoms with van der Waals surface area (Å²) in [4.78, 5) is 11.0. The van der Waals surface area contributed by atoms with Crippen LogP contribution in [0.5, 0.6) is 0 Å². The van der Waals surface area contributed by atoms with Gasteiger partial charge in [0.2, 0.25) is 0 Å². The van der Waals surface area contributed by atoms with E-state index in [2.05, 4.69) is 15.0 Å². The van der Waals surface area contributed by atoms with E-state index < -0.39 is 24.2 Å². The summed E-state index contributed by atoms with van der Waals surface area (Å²) < 4.78 is 41.5. The summed E-state index contributed by atoms with van der Waals surface area (Å²) in [6.07, 6.45) is -4.39. The van der Waals surface area contributed by atoms with Gasteiger partial charge >= 0.3 is 12.1 Å². The maximum atomic E-state index is 11.9. The van der Waals surface area contributed by atoms with Crippen molar-refractivity contribution in [3.63, 3.8) is 0 Å². The molecule has 0 amide bonds. The zero-order chi connectivity index (χ0) is 15.6. The van der Waals surface area contributed by atoms with Crippen LogP contribution in [0.25, 0.3) is 0 Å². The molecule has 114 valence electrons. The van der Waals surface area contributed by atoms with Crippen LogP contribution in [0.3, 0.4) is 0 Å². The van der Waals surface area contributed by atoms with Crippen molar-refractivity contribution in [1.29, 1.82) is 0 Å². The minimum Gasteiger partial charge on any atom is -0.476 e. The van der Waals surface area contributed by atoms with Crippen LogP contribution in [-0.2, 0) is 16.7 Å². The number of aromatic nitrogens is 3. The first-order valence-corrected chi connectivity index (χ1v) is 5.84. The highest BCUT2D eigenvalue weighted by Crippen LogP contribution is 2.24. The minimum absolute atomic E-state index is 0.00294. The Kier molecular flexibility index (Phi) is 4.74. The molecule has 0 aliphatic rings. The molecule has 1 heterocycles. The molecule has 0 unspecified atom stereocenters. The van der Waals surface area contributed by atoms with E-state index in [0.717, 1.165) is 0 Å². The fraction of sp³-hybridized carbons (Fsp3) is 0.727. The molecular formula is C11H16F3N3O3. The van der Waals surface area contributed by atoms with E-state index in [0.29, 0.717) is 5.69 Å². The monoisotopic (exact) mass is 295 g/mol. The quantitative estimate of drug-likeness (QED) is 0.839. The highest BCUT2D eigenvalue weighted by atomic mass is 19.4. The van der Waals surface area contributed by atoms with Gasteiger partial charge in [-0.2, -0.15) is 13.2 Å². The molecular weight excluding hydrogens is 279 g/mol. The molecule has 0 aliphatic heterocycles. The third-order valence-electron chi connectivity index (χ3n) is 2.36. The maximum Gasteiger partial charge on any atom is 0.411 e. The van der Waals surface area contributed by atoms with Gasteiger partial charge in [0.15, 0.2) is 5.69 Å². The standard InChI is InChI=1S/C11H16F3N3O3/c1-10(2,3)8-7(9(18)19)15-16-17(8)4-5-20-6-11(12,13)14/h4-6H2,1-3H3,(H,18,19). The summed E-state index contributed by atoms with van der Waals surface area (Å²) in [5.41, 5.74) is -0.407. The lowest BCUT2D eigenvalue weighted by atomic mass is 9.90. The van der Waals surface area contributed by atoms with Gasteiger partial charge in [-0.15, -0.1) is 5.10 Å². The number of carboxylic acid groups (broad SMARTS) is 1. The SMILES string of the molecule is CC(C)(C)c1c(C(=O)O)nnn1CCOCC(F)(F)F. The Hall–Kier alpha value is -1.64. The second-order valence-corrected chi connectivity index (χ2v) is 5.23. The van der Waals surface area contributed by atoms with Gasteiger partial charge in [-0.3, -0.25) is 0 Å². The molecule has 20 heavy (non-hydrogen) atoms. The Bertz CT molecular complexity index is 477. The van der Waals surface area contributed by atoms with Crippen molar-refractivity contribution < 1.29 is 27.8 Å². The summed E-state index contributed by atoms with van der Waals surface area (Å²) in [6, 6.07) is 0. The van der Waals surface area contributed by atoms with Crippen LogP contribution in [0.15, 0.2) is 0 Å². The van der Waals surface area contributed by atoms with Crippen molar-refractivity contribution in [2.75, 3.05) is 13.2 Å². The molecule has 9 heteroatoms. The molecule has 1 rings (SSSR count). The highest BCUT2D eigenvalue weighted by molar-refractivity contribution is 5.86. The van der Waals surface area contributed by atoms with Gasteiger partial charge in [0, 0.05) is 5.41 Å². The number of hydrogen-bond acceptors (Lipinski definition) is 4. The van der Waals surface area contributed by atoms with E-state index in [4.69, 9.17) is 5.11 Å². The highest BCUT2D eigenvalue weighted by Gasteiger charge is 2.30. The van der Waals surface area contributed by atoms with Crippen LogP contribution < -0.4 is 0 Å². The largest absolute Gasteiger partial charge is 0.476 e. The number of aromatic carboxylic acids is 1. The number of ether oxygens (including phenoxy) is 1. The molecule has 1 aromatic rings. The molecule has 0 bridgehead atoms. The van der Waals surface area contributed by atoms with Crippen LogP contribution in [0.2, 0.25) is 0 Å². The van der Waals surface area contributed by atoms with Gasteiger partial charge in [0.25, 0.3) is 0 Å². The van der Waals surface area contributed by atoms with Crippen molar-refractivity contribution in [2.45, 2.75) is 38.9 Å². The molecule has 0 atom stereocenters. The fourth-order valence-electron chi connectivity index (χ4n) is 1.69. The lowest BCUT2D eigenvalue weighted by Gasteiger charge is -2.20. The van der Waals surface area contributed by atoms with Crippen LogP contribution >= 0.6 is 0 Å². The van der Waals surface area contributed by atoms with E-state index in [-0.39, 0.29) is 18.8 Å². The summed E-state index contributed by atoms with van der Waals surface area (Å²) in [7, 11) is 0. The van der Waals surface area contributed by atoms with Gasteiger partial charge < -0.3 is 9.84 Å². The number of halogens is 3. The smallest absolute Gasteiger partial charge is 0.411 e. The average Bonchev–Trinajstić information content (AvgIpc) is 2.66. The lowest BCUT2D eigenvalue weighted by Crippen LogP contribution is -2.24. The van der Waals surface area contributed by atoms with E-state index in [9.17, 15) is 18.0 Å². The number of rotatable bonds is 5. The normalized spacial score (nSPS) is 12.7. The molecule has 0 spiro atoms. The molecule has 0 radical (unpaired) electrons. The zero-order valence-corrected chi connectivity index (χ0v) is 11.4. The van der Waals surface area contributed by atoms with E-state index in [1.165, 1.54) is 4.68 Å². The molecule has 1 N–H and O–H groups in total. The Morgan fingerprint density at radius 2 is 1.95 bits per heavy atom. The predicted molar refractivity (Wildman–Crippen MR) is 62.6 cm³/mol. The van der Waals surface area contributed by atoms with E-state index in [1.54, 1.807) is 20.8 Å². The van der Waals surface area contributed by atoms with Crippen LogP contribution in [0.4, 0.5) is 13.2 Å². The van der Waals surface area contributed by atoms with E-state index >= 15 is 0 Å². The summed E-state index contributed by atoms with van der Waals surface area (Å²) >= 11 is 0. The fourth-order valence-corrected chi connectivity index (χ4v) is 1.69. The van der Waals surface area contributed by atoms with Gasteiger partial charge in [0.1, 0.15) is 6.61 Å². The van der Waals surface area contributed by atoms with Gasteiger partial charge in [-0.25, -0.2) is 9.48 Å². The van der Waals surface area contributed by atoms with Crippen LogP contribution in [-0.4, -0.2) is 45.5 Å². The lowest BCUT2D eigenvalue weighted by molar-refractivity contribution is -0.174. The Morgan fingerprint density at radius 1 is 1.35 bits per heavy atom. The summed E-state index contributed by atoms with van der Waals surface area (Å²) in [6.45, 7) is 3.73. The van der Waals surface area contributed by atoms with Crippen molar-refractivity contribution >= 4 is 5.97 Å². The minimum atomic E-state index is -4.39. The second kappa shape index (κ2) is 5.78. The number of nitrogens with zero attached hydrogens (tertiary/aromatic N) is 3. The third-order valence-corrected chi connectivity index (χ3v) is 2.36. The molecule has 1 aromatic heterocycles. The van der Waals surface area contributed by atoms with Crippen molar-refractivity contribution in [3.05, 3.63) is 11.4 Å². The molecule has 0 saturated heterocycles. The zero-order valence-electron chi connectivity index (χ0n) is 11.4. The van der Waals surface area contributed by atoms with Crippen molar-refractivity contribution in [3.8, 4) is 0 Å². The molecule has 0 aromatic carbocycles. The summed E-state index contributed by atoms with van der Waals surface area (Å²) in [5, 5.41) is 16.2. The first-order valence-electron chi connectivity index (χ1n) is 5.84. The van der Waals surface area contributed by atoms with Gasteiger partial charge in [0.05, 0.1) is 18.8 Å². The number of hydrogen-bond donors (Lipinski definition) is 1. The summed E-state index contributed by atoms with van der Waals surface area (Å²) in [5.74, 6) is -1.22. The molecule has 6 nitrogen and oxygen atoms in total. The molecule has 0 saturated carbocycles. The topological polar surface area (TPSA) is 77.2 Å². The van der Waals surface area contributed by atoms with Crippen LogP contribution in [0.1, 0.15) is 37.0 Å². The van der Waals surface area contributed by atoms with Gasteiger partial charge in [-0.1, -0.05) is 26.0 Å². The first-order chi connectivity index (χ1) is 9.02. The van der Waals surface area contributed by atoms with Crippen LogP contribution in [0, 0.1) is 0 Å². The average molecular weight is 295 g/mol. The maximum absolute atomic E-state index is 11.9. The Balaban J connectivity index is 2.79. The molecule has 0 fully saturated rings. The number of carbonyl (C=O) groups is 1. The Labute approximate surface area is 113 Å². The second-order valence-electron chi connectivity index (χ2n) is 5.23. The first kappa shape index (κ1) is 16.4. The third kappa shape index (κ3) is 4.48. The van der Waals surface area contributed by atoms with Crippen molar-refractivity contribution in [2.24, 2.45) is 0 Å². The van der Waals surface area contributed by atoms with Crippen molar-refractivity contribution in [1.82, 2.24) is 15.0 Å². The molecule has 0 aliphatic carbocycles. The van der Waals surface area contributed by atoms with E-state index in [1.807, 2.05) is 0 Å². The number of carboxylic acids is 1. The van der Waals surface area contributed by atoms with Gasteiger partial charge in [-0.05, 0) is 0 Å².